The number of piperidine rings is 1. The van der Waals surface area contributed by atoms with E-state index in [9.17, 15) is 9.65 Å². The molecule has 0 aliphatic carbocycles. The predicted molar refractivity (Wildman–Crippen MR) is 144 cm³/mol. The first-order valence-corrected chi connectivity index (χ1v) is 13.3. The van der Waals surface area contributed by atoms with E-state index in [-0.39, 0.29) is 5.88 Å². The molecule has 0 aromatic carbocycles. The molecular formula is C27H30FN7O2S. The molecule has 6 heterocycles. The molecule has 0 spiro atoms. The number of methoxy groups -OCH3 is 1. The minimum atomic E-state index is -0.441. The van der Waals surface area contributed by atoms with Crippen molar-refractivity contribution < 1.29 is 13.9 Å². The average Bonchev–Trinajstić information content (AvgIpc) is 3.42. The number of fused-ring (bicyclic) bond motifs is 2. The van der Waals surface area contributed by atoms with E-state index >= 15 is 0 Å². The number of halogens is 1. The van der Waals surface area contributed by atoms with Crippen LogP contribution in [0.15, 0.2) is 36.9 Å². The number of pyridine rings is 2. The zero-order valence-electron chi connectivity index (χ0n) is 21.6. The van der Waals surface area contributed by atoms with Crippen LogP contribution in [0.5, 0.6) is 11.6 Å². The van der Waals surface area contributed by atoms with Crippen molar-refractivity contribution in [2.75, 3.05) is 31.7 Å². The second-order valence-corrected chi connectivity index (χ2v) is 10.9. The van der Waals surface area contributed by atoms with Gasteiger partial charge in [-0.3, -0.25) is 9.88 Å². The molecule has 0 radical (unpaired) electrons. The average molecular weight is 536 g/mol. The fraction of sp³-hybridized carbons (Fsp3) is 0.407. The topological polar surface area (TPSA) is 113 Å². The van der Waals surface area contributed by atoms with Gasteiger partial charge >= 0.3 is 0 Å². The highest BCUT2D eigenvalue weighted by Gasteiger charge is 2.45. The van der Waals surface area contributed by atoms with Gasteiger partial charge in [0.25, 0.3) is 0 Å². The van der Waals surface area contributed by atoms with E-state index in [2.05, 4.69) is 39.7 Å². The van der Waals surface area contributed by atoms with Crippen LogP contribution in [0.25, 0.3) is 16.0 Å². The van der Waals surface area contributed by atoms with Crippen molar-refractivity contribution in [2.45, 2.75) is 38.9 Å². The standard InChI is InChI=1S/C27H30FN7O2S/c1-16(2)15-37-21-6-22(25(31-10-21)18(7-29)8-30)24-11-33-27(38-24)34-13-19-5-20(14-34)35(19)12-17-4-23(28)26(36-3)32-9-17/h4,6-7,9-11,16,19-20H,5,12-15,29H2,1-3H3. The van der Waals surface area contributed by atoms with Crippen molar-refractivity contribution >= 4 is 22.0 Å². The molecule has 2 atom stereocenters. The van der Waals surface area contributed by atoms with Crippen LogP contribution in [0.2, 0.25) is 0 Å². The molecule has 2 bridgehead atoms. The minimum absolute atomic E-state index is 0.0162. The number of anilines is 1. The summed E-state index contributed by atoms with van der Waals surface area (Å²) in [7, 11) is 1.41. The van der Waals surface area contributed by atoms with Crippen LogP contribution in [0.4, 0.5) is 9.52 Å². The molecule has 9 nitrogen and oxygen atoms in total. The smallest absolute Gasteiger partial charge is 0.250 e. The SMILES string of the molecule is COc1ncc(CN2C3CC2CN(c2ncc(-c4cc(OCC(C)C)cnc4C(C#N)=CN)s2)C3)cc1F. The Balaban J connectivity index is 1.32. The summed E-state index contributed by atoms with van der Waals surface area (Å²) in [4.78, 5) is 18.9. The molecule has 2 N–H and O–H groups in total. The maximum absolute atomic E-state index is 14.1. The molecule has 3 aliphatic rings. The maximum atomic E-state index is 14.1. The van der Waals surface area contributed by atoms with Gasteiger partial charge < -0.3 is 20.1 Å². The van der Waals surface area contributed by atoms with Crippen LogP contribution in [0.3, 0.4) is 0 Å². The van der Waals surface area contributed by atoms with Gasteiger partial charge in [-0.1, -0.05) is 25.2 Å². The molecule has 2 unspecified atom stereocenters. The predicted octanol–water partition coefficient (Wildman–Crippen LogP) is 4.07. The van der Waals surface area contributed by atoms with E-state index in [0.717, 1.165) is 40.6 Å². The van der Waals surface area contributed by atoms with E-state index in [1.54, 1.807) is 23.7 Å². The van der Waals surface area contributed by atoms with Gasteiger partial charge in [0.05, 0.1) is 36.1 Å². The van der Waals surface area contributed by atoms with Gasteiger partial charge in [-0.05, 0) is 30.0 Å². The van der Waals surface area contributed by atoms with E-state index in [1.807, 2.05) is 12.3 Å². The molecule has 3 aromatic heterocycles. The Morgan fingerprint density at radius 2 is 2.03 bits per heavy atom. The summed E-state index contributed by atoms with van der Waals surface area (Å²) >= 11 is 1.56. The van der Waals surface area contributed by atoms with Gasteiger partial charge in [0.1, 0.15) is 11.8 Å². The van der Waals surface area contributed by atoms with Crippen molar-refractivity contribution in [2.24, 2.45) is 11.7 Å². The van der Waals surface area contributed by atoms with Crippen molar-refractivity contribution in [1.82, 2.24) is 19.9 Å². The number of nitrogens with zero attached hydrogens (tertiary/aromatic N) is 6. The molecule has 3 saturated heterocycles. The van der Waals surface area contributed by atoms with E-state index < -0.39 is 5.82 Å². The minimum Gasteiger partial charge on any atom is -0.492 e. The number of nitrogens with two attached hydrogens (primary N) is 1. The van der Waals surface area contributed by atoms with Crippen LogP contribution in [-0.2, 0) is 6.54 Å². The highest BCUT2D eigenvalue weighted by molar-refractivity contribution is 7.18. The summed E-state index contributed by atoms with van der Waals surface area (Å²) in [5, 5.41) is 10.5. The summed E-state index contributed by atoms with van der Waals surface area (Å²) in [5.74, 6) is 0.588. The fourth-order valence-corrected chi connectivity index (χ4v) is 5.86. The highest BCUT2D eigenvalue weighted by Crippen LogP contribution is 2.40. The Labute approximate surface area is 225 Å². The lowest BCUT2D eigenvalue weighted by Crippen LogP contribution is -2.68. The van der Waals surface area contributed by atoms with Gasteiger partial charge in [0.15, 0.2) is 10.9 Å². The molecule has 3 aliphatic heterocycles. The van der Waals surface area contributed by atoms with Crippen molar-refractivity contribution in [3.05, 3.63) is 54.0 Å². The third-order valence-corrected chi connectivity index (χ3v) is 7.88. The Hall–Kier alpha value is -3.75. The van der Waals surface area contributed by atoms with Gasteiger partial charge in [0.2, 0.25) is 5.88 Å². The monoisotopic (exact) mass is 535 g/mol. The number of thiazole rings is 1. The molecule has 11 heteroatoms. The lowest BCUT2D eigenvalue weighted by atomic mass is 9.87. The van der Waals surface area contributed by atoms with Gasteiger partial charge in [-0.25, -0.2) is 14.4 Å². The number of hydrogen-bond donors (Lipinski definition) is 1. The molecular weight excluding hydrogens is 505 g/mol. The van der Waals surface area contributed by atoms with Crippen molar-refractivity contribution in [1.29, 1.82) is 5.26 Å². The number of piperazine rings is 1. The molecule has 0 saturated carbocycles. The van der Waals surface area contributed by atoms with E-state index in [0.29, 0.717) is 48.2 Å². The first kappa shape index (κ1) is 25.9. The summed E-state index contributed by atoms with van der Waals surface area (Å²) in [5.41, 5.74) is 8.13. The summed E-state index contributed by atoms with van der Waals surface area (Å²) < 4.78 is 24.9. The Morgan fingerprint density at radius 3 is 2.68 bits per heavy atom. The Bertz CT molecular complexity index is 1370. The Kier molecular flexibility index (Phi) is 7.44. The lowest BCUT2D eigenvalue weighted by Gasteiger charge is -2.56. The van der Waals surface area contributed by atoms with Crippen molar-refractivity contribution in [3.63, 3.8) is 0 Å². The normalized spacial score (nSPS) is 19.3. The fourth-order valence-electron chi connectivity index (χ4n) is 4.91. The number of nitriles is 1. The lowest BCUT2D eigenvalue weighted by molar-refractivity contribution is -0.00860. The summed E-state index contributed by atoms with van der Waals surface area (Å²) in [6.07, 6.45) is 7.51. The van der Waals surface area contributed by atoms with Crippen molar-refractivity contribution in [3.8, 4) is 28.1 Å². The first-order valence-electron chi connectivity index (χ1n) is 12.5. The largest absolute Gasteiger partial charge is 0.492 e. The van der Waals surface area contributed by atoms with E-state index in [1.165, 1.54) is 19.4 Å². The number of hydrogen-bond acceptors (Lipinski definition) is 10. The van der Waals surface area contributed by atoms with Crippen LogP contribution < -0.4 is 20.1 Å². The van der Waals surface area contributed by atoms with Gasteiger partial charge in [0, 0.05) is 55.9 Å². The molecule has 198 valence electrons. The molecule has 38 heavy (non-hydrogen) atoms. The van der Waals surface area contributed by atoms with Gasteiger partial charge in [-0.2, -0.15) is 5.26 Å². The second-order valence-electron chi connectivity index (χ2n) is 9.93. The number of rotatable bonds is 9. The number of aromatic nitrogens is 3. The number of allylic oxidation sites excluding steroid dienone is 1. The third-order valence-electron chi connectivity index (χ3n) is 6.78. The van der Waals surface area contributed by atoms with Crippen LogP contribution in [0, 0.1) is 23.1 Å². The quantitative estimate of drug-likeness (QED) is 0.405. The van der Waals surface area contributed by atoms with Gasteiger partial charge in [-0.15, -0.1) is 0 Å². The van der Waals surface area contributed by atoms with Crippen LogP contribution in [0.1, 0.15) is 31.5 Å². The van der Waals surface area contributed by atoms with Crippen LogP contribution in [-0.4, -0.2) is 58.7 Å². The van der Waals surface area contributed by atoms with E-state index in [4.69, 9.17) is 20.2 Å². The molecule has 3 aromatic rings. The molecule has 3 fully saturated rings. The Morgan fingerprint density at radius 1 is 1.24 bits per heavy atom. The highest BCUT2D eigenvalue weighted by atomic mass is 32.1. The zero-order valence-corrected chi connectivity index (χ0v) is 22.4. The third kappa shape index (κ3) is 5.14. The zero-order chi connectivity index (χ0) is 26.8. The molecule has 0 amide bonds. The molecule has 6 rings (SSSR count). The maximum Gasteiger partial charge on any atom is 0.250 e. The number of ether oxygens (including phenoxy) is 2. The first-order chi connectivity index (χ1) is 18.4. The second kappa shape index (κ2) is 10.9. The summed E-state index contributed by atoms with van der Waals surface area (Å²) in [6, 6.07) is 6.26. The summed E-state index contributed by atoms with van der Waals surface area (Å²) in [6.45, 7) is 7.06. The van der Waals surface area contributed by atoms with Crippen LogP contribution >= 0.6 is 11.3 Å².